The second-order valence-corrected chi connectivity index (χ2v) is 10.3. The van der Waals surface area contributed by atoms with Crippen LogP contribution in [0, 0.1) is 5.92 Å². The van der Waals surface area contributed by atoms with Crippen molar-refractivity contribution in [3.63, 3.8) is 0 Å². The number of hydrogen-bond acceptors (Lipinski definition) is 7. The molecule has 0 saturated carbocycles. The fraction of sp³-hybridized carbons (Fsp3) is 0.517. The van der Waals surface area contributed by atoms with Crippen molar-refractivity contribution in [2.45, 2.75) is 38.7 Å². The number of carbonyl (C=O) groups is 2. The Hall–Kier alpha value is -3.30. The molecule has 0 aromatic heterocycles. The zero-order valence-electron chi connectivity index (χ0n) is 22.6. The summed E-state index contributed by atoms with van der Waals surface area (Å²) in [6.45, 7) is 9.45. The molecule has 0 bridgehead atoms. The van der Waals surface area contributed by atoms with Crippen molar-refractivity contribution in [1.29, 1.82) is 0 Å². The summed E-state index contributed by atoms with van der Waals surface area (Å²) in [5, 5.41) is 7.69. The Morgan fingerprint density at radius 1 is 1.00 bits per heavy atom. The first-order chi connectivity index (χ1) is 18.5. The molecule has 1 unspecified atom stereocenters. The summed E-state index contributed by atoms with van der Waals surface area (Å²) in [7, 11) is 1.57. The molecule has 0 radical (unpaired) electrons. The van der Waals surface area contributed by atoms with Crippen molar-refractivity contribution in [2.24, 2.45) is 5.92 Å². The maximum absolute atomic E-state index is 13.8. The highest BCUT2D eigenvalue weighted by molar-refractivity contribution is 6.09. The van der Waals surface area contributed by atoms with Gasteiger partial charge in [-0.15, -0.1) is 0 Å². The molecule has 2 saturated heterocycles. The molecule has 38 heavy (non-hydrogen) atoms. The van der Waals surface area contributed by atoms with E-state index in [1.807, 2.05) is 25.1 Å². The highest BCUT2D eigenvalue weighted by Gasteiger charge is 2.54. The second-order valence-electron chi connectivity index (χ2n) is 10.3. The largest absolute Gasteiger partial charge is 0.497 e. The molecule has 3 aliphatic rings. The van der Waals surface area contributed by atoms with Crippen LogP contribution in [0.4, 0.5) is 10.5 Å². The maximum Gasteiger partial charge on any atom is 0.411 e. The molecule has 3 heterocycles. The average molecular weight is 523 g/mol. The third-order valence-corrected chi connectivity index (χ3v) is 7.82. The zero-order chi connectivity index (χ0) is 26.7. The molecule has 1 atom stereocenters. The Morgan fingerprint density at radius 3 is 2.42 bits per heavy atom. The summed E-state index contributed by atoms with van der Waals surface area (Å²) >= 11 is 0. The van der Waals surface area contributed by atoms with E-state index in [4.69, 9.17) is 14.2 Å². The molecule has 2 aromatic carbocycles. The molecule has 9 heteroatoms. The van der Waals surface area contributed by atoms with Gasteiger partial charge in [-0.1, -0.05) is 32.0 Å². The Labute approximate surface area is 224 Å². The highest BCUT2D eigenvalue weighted by atomic mass is 16.6. The van der Waals surface area contributed by atoms with Crippen molar-refractivity contribution in [3.8, 4) is 11.5 Å². The van der Waals surface area contributed by atoms with E-state index in [-0.39, 0.29) is 0 Å². The van der Waals surface area contributed by atoms with Crippen molar-refractivity contribution in [1.82, 2.24) is 14.9 Å². The summed E-state index contributed by atoms with van der Waals surface area (Å²) in [6, 6.07) is 12.6. The number of hydrogen-bond donors (Lipinski definition) is 1. The van der Waals surface area contributed by atoms with Gasteiger partial charge >= 0.3 is 6.09 Å². The van der Waals surface area contributed by atoms with Gasteiger partial charge in [0, 0.05) is 50.5 Å². The second kappa shape index (κ2) is 11.2. The number of fused-ring (bicyclic) bond motifs is 1. The Morgan fingerprint density at radius 2 is 1.71 bits per heavy atom. The fourth-order valence-corrected chi connectivity index (χ4v) is 5.54. The minimum absolute atomic E-state index is 0.428. The number of piperidine rings is 1. The van der Waals surface area contributed by atoms with E-state index in [9.17, 15) is 9.59 Å². The van der Waals surface area contributed by atoms with Crippen molar-refractivity contribution >= 4 is 17.7 Å². The minimum atomic E-state index is -1.70. The summed E-state index contributed by atoms with van der Waals surface area (Å²) < 4.78 is 17.8. The molecule has 2 amide bonds. The number of nitrogens with zero attached hydrogens (tertiary/aromatic N) is 3. The van der Waals surface area contributed by atoms with E-state index in [0.29, 0.717) is 48.0 Å². The van der Waals surface area contributed by atoms with Gasteiger partial charge in [-0.2, -0.15) is 0 Å². The Balaban J connectivity index is 1.43. The third-order valence-electron chi connectivity index (χ3n) is 7.82. The van der Waals surface area contributed by atoms with Gasteiger partial charge in [0.05, 0.1) is 19.3 Å². The quantitative estimate of drug-likeness (QED) is 0.587. The molecule has 204 valence electrons. The van der Waals surface area contributed by atoms with Crippen LogP contribution in [0.1, 0.15) is 44.2 Å². The van der Waals surface area contributed by atoms with Crippen LogP contribution in [0.2, 0.25) is 0 Å². The van der Waals surface area contributed by atoms with Gasteiger partial charge in [0.25, 0.3) is 5.91 Å². The van der Waals surface area contributed by atoms with Crippen LogP contribution in [0.25, 0.3) is 0 Å². The van der Waals surface area contributed by atoms with Gasteiger partial charge in [0.2, 0.25) is 5.60 Å². The molecular weight excluding hydrogens is 484 g/mol. The van der Waals surface area contributed by atoms with E-state index in [1.165, 1.54) is 12.8 Å². The highest BCUT2D eigenvalue weighted by Crippen LogP contribution is 2.48. The molecule has 1 N–H and O–H groups in total. The van der Waals surface area contributed by atoms with E-state index in [2.05, 4.69) is 22.3 Å². The number of benzene rings is 2. The van der Waals surface area contributed by atoms with E-state index in [1.54, 1.807) is 36.3 Å². The molecule has 2 aromatic rings. The predicted octanol–water partition coefficient (Wildman–Crippen LogP) is 4.08. The van der Waals surface area contributed by atoms with Gasteiger partial charge in [-0.3, -0.25) is 4.79 Å². The number of para-hydroxylation sites is 1. The van der Waals surface area contributed by atoms with Gasteiger partial charge in [-0.25, -0.2) is 14.8 Å². The van der Waals surface area contributed by atoms with Crippen LogP contribution in [0.3, 0.4) is 0 Å². The standard InChI is InChI=1S/C29H38N4O5/c1-4-19-37-26-8-6-5-7-23(26)29(24-20-22(36-3)9-10-25(24)30-27(29)34)38-28(35)31-15-17-33(18-16-31)32-13-11-21(2)12-14-32/h5-10,20-21H,4,11-19H2,1-3H3,(H,30,34). The summed E-state index contributed by atoms with van der Waals surface area (Å²) in [6.07, 6.45) is 2.68. The first-order valence-corrected chi connectivity index (χ1v) is 13.7. The molecule has 3 aliphatic heterocycles. The lowest BCUT2D eigenvalue weighted by Crippen LogP contribution is -2.57. The normalized spacial score (nSPS) is 22.6. The predicted molar refractivity (Wildman–Crippen MR) is 144 cm³/mol. The number of rotatable bonds is 7. The first kappa shape index (κ1) is 26.3. The monoisotopic (exact) mass is 522 g/mol. The Kier molecular flexibility index (Phi) is 7.76. The topological polar surface area (TPSA) is 83.6 Å². The summed E-state index contributed by atoms with van der Waals surface area (Å²) in [5.74, 6) is 1.42. The average Bonchev–Trinajstić information content (AvgIpc) is 3.23. The van der Waals surface area contributed by atoms with E-state index < -0.39 is 17.6 Å². The number of piperazine rings is 1. The van der Waals surface area contributed by atoms with Crippen molar-refractivity contribution < 1.29 is 23.8 Å². The molecule has 0 aliphatic carbocycles. The SMILES string of the molecule is CCCOc1ccccc1C1(OC(=O)N2CCN(N3CCC(C)CC3)CC2)C(=O)Nc2ccc(OC)cc21. The van der Waals surface area contributed by atoms with Crippen molar-refractivity contribution in [3.05, 3.63) is 53.6 Å². The summed E-state index contributed by atoms with van der Waals surface area (Å²) in [5.41, 5.74) is -0.0972. The molecule has 0 spiro atoms. The van der Waals surface area contributed by atoms with E-state index >= 15 is 0 Å². The number of amides is 2. The van der Waals surface area contributed by atoms with Crippen LogP contribution in [-0.4, -0.2) is 79.9 Å². The van der Waals surface area contributed by atoms with Crippen LogP contribution in [0.15, 0.2) is 42.5 Å². The third kappa shape index (κ3) is 4.92. The number of ether oxygens (including phenoxy) is 3. The zero-order valence-corrected chi connectivity index (χ0v) is 22.6. The van der Waals surface area contributed by atoms with E-state index in [0.717, 1.165) is 38.5 Å². The number of nitrogens with one attached hydrogen (secondary N) is 1. The lowest BCUT2D eigenvalue weighted by molar-refractivity contribution is -0.132. The number of hydrazine groups is 1. The van der Waals surface area contributed by atoms with Gasteiger partial charge in [0.15, 0.2) is 0 Å². The lowest BCUT2D eigenvalue weighted by Gasteiger charge is -2.43. The Bertz CT molecular complexity index is 1160. The van der Waals surface area contributed by atoms with Gasteiger partial charge < -0.3 is 24.4 Å². The summed E-state index contributed by atoms with van der Waals surface area (Å²) in [4.78, 5) is 29.2. The number of methoxy groups -OCH3 is 1. The number of anilines is 1. The first-order valence-electron chi connectivity index (χ1n) is 13.7. The smallest absolute Gasteiger partial charge is 0.411 e. The number of carbonyl (C=O) groups excluding carboxylic acids is 2. The van der Waals surface area contributed by atoms with Crippen LogP contribution in [-0.2, 0) is 15.1 Å². The fourth-order valence-electron chi connectivity index (χ4n) is 5.54. The minimum Gasteiger partial charge on any atom is -0.497 e. The van der Waals surface area contributed by atoms with Gasteiger partial charge in [0.1, 0.15) is 11.5 Å². The maximum atomic E-state index is 13.8. The van der Waals surface area contributed by atoms with Gasteiger partial charge in [-0.05, 0) is 49.4 Å². The molecular formula is C29H38N4O5. The van der Waals surface area contributed by atoms with Crippen LogP contribution in [0.5, 0.6) is 11.5 Å². The van der Waals surface area contributed by atoms with Crippen LogP contribution >= 0.6 is 0 Å². The van der Waals surface area contributed by atoms with Crippen molar-refractivity contribution in [2.75, 3.05) is 58.3 Å². The van der Waals surface area contributed by atoms with Crippen LogP contribution < -0.4 is 14.8 Å². The molecule has 5 rings (SSSR count). The lowest BCUT2D eigenvalue weighted by atomic mass is 9.86. The molecule has 9 nitrogen and oxygen atoms in total. The molecule has 2 fully saturated rings.